The summed E-state index contributed by atoms with van der Waals surface area (Å²) in [5, 5.41) is 0. The summed E-state index contributed by atoms with van der Waals surface area (Å²) in [4.78, 5) is 15.3. The quantitative estimate of drug-likeness (QED) is 0.504. The topological polar surface area (TPSA) is 61.6 Å². The minimum atomic E-state index is -4.39. The molecule has 1 heterocycles. The van der Waals surface area contributed by atoms with Gasteiger partial charge >= 0.3 is 6.18 Å². The third kappa shape index (κ3) is 5.20. The fourth-order valence-corrected chi connectivity index (χ4v) is 2.69. The van der Waals surface area contributed by atoms with Crippen LogP contribution in [0.1, 0.15) is 29.5 Å². The van der Waals surface area contributed by atoms with Crippen molar-refractivity contribution in [2.75, 3.05) is 6.61 Å². The van der Waals surface area contributed by atoms with Gasteiger partial charge in [0.05, 0.1) is 11.3 Å². The number of halogens is 3. The van der Waals surface area contributed by atoms with Crippen molar-refractivity contribution in [2.45, 2.75) is 33.6 Å². The highest BCUT2D eigenvalue weighted by Crippen LogP contribution is 2.31. The molecule has 0 aliphatic heterocycles. The number of nitrogens with zero attached hydrogens (tertiary/aromatic N) is 1. The van der Waals surface area contributed by atoms with Crippen LogP contribution in [0, 0.1) is 13.8 Å². The van der Waals surface area contributed by atoms with Crippen molar-refractivity contribution in [2.24, 2.45) is 0 Å². The maximum absolute atomic E-state index is 12.7. The lowest BCUT2D eigenvalue weighted by Gasteiger charge is -2.10. The molecule has 5 nitrogen and oxygen atoms in total. The van der Waals surface area contributed by atoms with E-state index >= 15 is 0 Å². The Kier molecular flexibility index (Phi) is 6.14. The zero-order valence-corrected chi connectivity index (χ0v) is 16.7. The molecule has 8 heteroatoms. The second-order valence-electron chi connectivity index (χ2n) is 6.81. The van der Waals surface area contributed by atoms with Crippen molar-refractivity contribution >= 4 is 5.78 Å². The van der Waals surface area contributed by atoms with Gasteiger partial charge in [0.25, 0.3) is 0 Å². The number of hydrogen-bond donors (Lipinski definition) is 0. The summed E-state index contributed by atoms with van der Waals surface area (Å²) in [6, 6.07) is 9.83. The minimum absolute atomic E-state index is 0.00499. The molecular weight excluding hydrogens is 399 g/mol. The van der Waals surface area contributed by atoms with E-state index in [0.29, 0.717) is 28.5 Å². The average molecular weight is 419 g/mol. The number of Topliss-reactive ketones (excluding diaryl/α,β-unsaturated/α-hetero) is 1. The van der Waals surface area contributed by atoms with Gasteiger partial charge in [-0.3, -0.25) is 4.79 Å². The Morgan fingerprint density at radius 3 is 2.37 bits per heavy atom. The number of ketones is 1. The highest BCUT2D eigenvalue weighted by atomic mass is 19.4. The van der Waals surface area contributed by atoms with Crippen LogP contribution in [0.3, 0.4) is 0 Å². The molecule has 0 atom stereocenters. The van der Waals surface area contributed by atoms with Gasteiger partial charge in [-0.05, 0) is 68.8 Å². The van der Waals surface area contributed by atoms with E-state index in [1.165, 1.54) is 19.1 Å². The van der Waals surface area contributed by atoms with Gasteiger partial charge in [0.2, 0.25) is 5.89 Å². The Morgan fingerprint density at radius 2 is 1.77 bits per heavy atom. The standard InChI is InChI=1S/C22H20F3NO4/c1-13-10-18(8-9-19(13)29-11-14(2)27)28-12-20-15(3)26-21(30-20)16-4-6-17(7-5-16)22(23,24)25/h4-10H,11-12H2,1-3H3. The lowest BCUT2D eigenvalue weighted by atomic mass is 10.1. The Bertz CT molecular complexity index is 1040. The number of aromatic nitrogens is 1. The number of ether oxygens (including phenoxy) is 2. The van der Waals surface area contributed by atoms with Crippen LogP contribution >= 0.6 is 0 Å². The smallest absolute Gasteiger partial charge is 0.416 e. The van der Waals surface area contributed by atoms with Gasteiger partial charge in [-0.15, -0.1) is 0 Å². The molecule has 1 aromatic heterocycles. The molecule has 30 heavy (non-hydrogen) atoms. The first-order valence-electron chi connectivity index (χ1n) is 9.13. The molecule has 0 unspecified atom stereocenters. The molecule has 2 aromatic carbocycles. The first-order valence-corrected chi connectivity index (χ1v) is 9.13. The molecule has 0 aliphatic rings. The Morgan fingerprint density at radius 1 is 1.07 bits per heavy atom. The molecule has 158 valence electrons. The van der Waals surface area contributed by atoms with Gasteiger partial charge in [-0.1, -0.05) is 0 Å². The Labute approximate surface area is 171 Å². The first kappa shape index (κ1) is 21.4. The van der Waals surface area contributed by atoms with Gasteiger partial charge in [0.1, 0.15) is 24.7 Å². The summed E-state index contributed by atoms with van der Waals surface area (Å²) >= 11 is 0. The molecule has 3 rings (SSSR count). The number of hydrogen-bond acceptors (Lipinski definition) is 5. The first-order chi connectivity index (χ1) is 14.1. The number of benzene rings is 2. The summed E-state index contributed by atoms with van der Waals surface area (Å²) in [5.41, 5.74) is 1.11. The van der Waals surface area contributed by atoms with Crippen LogP contribution in [0.15, 0.2) is 46.9 Å². The van der Waals surface area contributed by atoms with E-state index < -0.39 is 11.7 Å². The number of carbonyl (C=O) groups excluding carboxylic acids is 1. The van der Waals surface area contributed by atoms with Crippen LogP contribution in [0.2, 0.25) is 0 Å². The maximum atomic E-state index is 12.7. The third-order valence-electron chi connectivity index (χ3n) is 4.30. The predicted octanol–water partition coefficient (Wildman–Crippen LogP) is 5.52. The highest BCUT2D eigenvalue weighted by Gasteiger charge is 2.30. The maximum Gasteiger partial charge on any atom is 0.416 e. The van der Waals surface area contributed by atoms with Crippen molar-refractivity contribution < 1.29 is 31.9 Å². The van der Waals surface area contributed by atoms with Crippen molar-refractivity contribution in [1.82, 2.24) is 4.98 Å². The zero-order valence-electron chi connectivity index (χ0n) is 16.7. The molecular formula is C22H20F3NO4. The van der Waals surface area contributed by atoms with Gasteiger partial charge in [-0.25, -0.2) is 4.98 Å². The Hall–Kier alpha value is -3.29. The largest absolute Gasteiger partial charge is 0.486 e. The predicted molar refractivity (Wildman–Crippen MR) is 103 cm³/mol. The normalized spacial score (nSPS) is 11.4. The van der Waals surface area contributed by atoms with E-state index in [2.05, 4.69) is 4.98 Å². The average Bonchev–Trinajstić information content (AvgIpc) is 3.05. The van der Waals surface area contributed by atoms with Crippen LogP contribution in [0.25, 0.3) is 11.5 Å². The molecule has 0 bridgehead atoms. The van der Waals surface area contributed by atoms with E-state index in [9.17, 15) is 18.0 Å². The molecule has 0 spiro atoms. The molecule has 0 saturated heterocycles. The summed E-state index contributed by atoms with van der Waals surface area (Å²) in [6.07, 6.45) is -4.39. The molecule has 3 aromatic rings. The monoisotopic (exact) mass is 419 g/mol. The van der Waals surface area contributed by atoms with E-state index in [1.54, 1.807) is 25.1 Å². The van der Waals surface area contributed by atoms with Gasteiger partial charge in [0.15, 0.2) is 11.5 Å². The van der Waals surface area contributed by atoms with Crippen molar-refractivity contribution in [1.29, 1.82) is 0 Å². The number of alkyl halides is 3. The Balaban J connectivity index is 1.68. The fourth-order valence-electron chi connectivity index (χ4n) is 2.69. The van der Waals surface area contributed by atoms with Crippen LogP contribution in [0.4, 0.5) is 13.2 Å². The van der Waals surface area contributed by atoms with E-state index in [-0.39, 0.29) is 24.9 Å². The molecule has 0 aliphatic carbocycles. The molecule has 0 saturated carbocycles. The number of rotatable bonds is 7. The number of carbonyl (C=O) groups is 1. The third-order valence-corrected chi connectivity index (χ3v) is 4.30. The number of aryl methyl sites for hydroxylation is 2. The SMILES string of the molecule is CC(=O)COc1ccc(OCc2oc(-c3ccc(C(F)(F)F)cc3)nc2C)cc1C. The van der Waals surface area contributed by atoms with E-state index in [4.69, 9.17) is 13.9 Å². The fraction of sp³-hybridized carbons (Fsp3) is 0.273. The van der Waals surface area contributed by atoms with Crippen LogP contribution in [0.5, 0.6) is 11.5 Å². The molecule has 0 amide bonds. The molecule has 0 fully saturated rings. The van der Waals surface area contributed by atoms with Crippen LogP contribution in [-0.2, 0) is 17.6 Å². The zero-order chi connectivity index (χ0) is 21.9. The van der Waals surface area contributed by atoms with E-state index in [0.717, 1.165) is 17.7 Å². The van der Waals surface area contributed by atoms with Crippen molar-refractivity contribution in [3.63, 3.8) is 0 Å². The highest BCUT2D eigenvalue weighted by molar-refractivity contribution is 5.77. The second-order valence-corrected chi connectivity index (χ2v) is 6.81. The van der Waals surface area contributed by atoms with Crippen molar-refractivity contribution in [3.8, 4) is 23.0 Å². The van der Waals surface area contributed by atoms with Gasteiger partial charge in [-0.2, -0.15) is 13.2 Å². The summed E-state index contributed by atoms with van der Waals surface area (Å²) in [6.45, 7) is 5.13. The summed E-state index contributed by atoms with van der Waals surface area (Å²) in [7, 11) is 0. The van der Waals surface area contributed by atoms with Gasteiger partial charge < -0.3 is 13.9 Å². The summed E-state index contributed by atoms with van der Waals surface area (Å²) in [5.74, 6) is 1.80. The van der Waals surface area contributed by atoms with Crippen LogP contribution in [-0.4, -0.2) is 17.4 Å². The lowest BCUT2D eigenvalue weighted by Crippen LogP contribution is -2.07. The van der Waals surface area contributed by atoms with Crippen LogP contribution < -0.4 is 9.47 Å². The lowest BCUT2D eigenvalue weighted by molar-refractivity contribution is -0.137. The minimum Gasteiger partial charge on any atom is -0.486 e. The summed E-state index contributed by atoms with van der Waals surface area (Å²) < 4.78 is 55.0. The number of oxazole rings is 1. The van der Waals surface area contributed by atoms with Crippen molar-refractivity contribution in [3.05, 3.63) is 65.0 Å². The van der Waals surface area contributed by atoms with E-state index in [1.807, 2.05) is 6.92 Å². The molecule has 0 N–H and O–H groups in total. The molecule has 0 radical (unpaired) electrons. The van der Waals surface area contributed by atoms with Gasteiger partial charge in [0, 0.05) is 5.56 Å². The second kappa shape index (κ2) is 8.61.